The molecule has 1 N–H and O–H groups in total. The van der Waals surface area contributed by atoms with Gasteiger partial charge < -0.3 is 19.9 Å². The van der Waals surface area contributed by atoms with E-state index in [2.05, 4.69) is 42.8 Å². The van der Waals surface area contributed by atoms with Crippen LogP contribution in [-0.2, 0) is 9.53 Å². The van der Waals surface area contributed by atoms with Crippen molar-refractivity contribution < 1.29 is 9.53 Å². The van der Waals surface area contributed by atoms with Crippen LogP contribution in [0.15, 0.2) is 4.99 Å². The fourth-order valence-electron chi connectivity index (χ4n) is 3.92. The van der Waals surface area contributed by atoms with Gasteiger partial charge in [0, 0.05) is 59.0 Å². The molecule has 0 aromatic heterocycles. The molecule has 2 fully saturated rings. The van der Waals surface area contributed by atoms with Gasteiger partial charge in [0.1, 0.15) is 0 Å². The van der Waals surface area contributed by atoms with Crippen LogP contribution in [0.3, 0.4) is 0 Å². The van der Waals surface area contributed by atoms with E-state index < -0.39 is 0 Å². The number of amides is 1. The maximum atomic E-state index is 12.4. The van der Waals surface area contributed by atoms with E-state index in [4.69, 9.17) is 9.73 Å². The van der Waals surface area contributed by atoms with Crippen molar-refractivity contribution in [3.8, 4) is 0 Å². The zero-order valence-corrected chi connectivity index (χ0v) is 18.5. The Bertz CT molecular complexity index is 483. The molecule has 2 aliphatic heterocycles. The normalized spacial score (nSPS) is 20.1. The Labute approximate surface area is 171 Å². The van der Waals surface area contributed by atoms with Gasteiger partial charge in [-0.25, -0.2) is 0 Å². The molecule has 2 heterocycles. The first-order valence-electron chi connectivity index (χ1n) is 11.2. The van der Waals surface area contributed by atoms with Crippen LogP contribution in [-0.4, -0.2) is 98.2 Å². The second-order valence-electron chi connectivity index (χ2n) is 8.11. The summed E-state index contributed by atoms with van der Waals surface area (Å²) in [6, 6.07) is 0. The molecule has 1 unspecified atom stereocenters. The summed E-state index contributed by atoms with van der Waals surface area (Å²) in [5.74, 6) is 1.80. The highest BCUT2D eigenvalue weighted by Crippen LogP contribution is 2.12. The molecule has 2 rings (SSSR count). The molecule has 0 radical (unpaired) electrons. The third-order valence-corrected chi connectivity index (χ3v) is 5.62. The quantitative estimate of drug-likeness (QED) is 0.475. The Morgan fingerprint density at radius 3 is 2.29 bits per heavy atom. The smallest absolute Gasteiger partial charge is 0.236 e. The number of likely N-dealkylation sites (tertiary alicyclic amines) is 1. The number of piperazine rings is 1. The monoisotopic (exact) mass is 395 g/mol. The average molecular weight is 396 g/mol. The van der Waals surface area contributed by atoms with Gasteiger partial charge in [0.25, 0.3) is 0 Å². The first kappa shape index (κ1) is 22.9. The van der Waals surface area contributed by atoms with Crippen molar-refractivity contribution in [3.05, 3.63) is 0 Å². The van der Waals surface area contributed by atoms with Crippen molar-refractivity contribution in [2.75, 3.05) is 65.5 Å². The molecule has 0 saturated carbocycles. The number of aliphatic imine (C=N–C) groups is 1. The molecule has 1 amide bonds. The summed E-state index contributed by atoms with van der Waals surface area (Å²) in [6.45, 7) is 17.1. The lowest BCUT2D eigenvalue weighted by molar-refractivity contribution is -0.131. The van der Waals surface area contributed by atoms with Crippen molar-refractivity contribution in [3.63, 3.8) is 0 Å². The third kappa shape index (κ3) is 7.24. The predicted octanol–water partition coefficient (Wildman–Crippen LogP) is 1.64. The molecular weight excluding hydrogens is 354 g/mol. The Morgan fingerprint density at radius 1 is 1.04 bits per heavy atom. The van der Waals surface area contributed by atoms with Gasteiger partial charge in [0.15, 0.2) is 5.96 Å². The summed E-state index contributed by atoms with van der Waals surface area (Å²) < 4.78 is 5.84. The van der Waals surface area contributed by atoms with E-state index in [1.165, 1.54) is 0 Å². The van der Waals surface area contributed by atoms with Gasteiger partial charge in [-0.3, -0.25) is 14.7 Å². The summed E-state index contributed by atoms with van der Waals surface area (Å²) in [4.78, 5) is 23.8. The molecule has 2 aliphatic rings. The lowest BCUT2D eigenvalue weighted by Crippen LogP contribution is -2.54. The molecule has 2 saturated heterocycles. The van der Waals surface area contributed by atoms with E-state index in [0.717, 1.165) is 84.2 Å². The van der Waals surface area contributed by atoms with Crippen molar-refractivity contribution in [1.82, 2.24) is 20.0 Å². The minimum atomic E-state index is 0.269. The third-order valence-electron chi connectivity index (χ3n) is 5.62. The summed E-state index contributed by atoms with van der Waals surface area (Å²) in [6.07, 6.45) is 3.53. The molecule has 0 spiro atoms. The van der Waals surface area contributed by atoms with E-state index in [1.807, 2.05) is 4.90 Å². The van der Waals surface area contributed by atoms with Gasteiger partial charge in [0.05, 0.1) is 12.6 Å². The summed E-state index contributed by atoms with van der Waals surface area (Å²) in [5.41, 5.74) is 0. The highest BCUT2D eigenvalue weighted by Gasteiger charge is 2.24. The Morgan fingerprint density at radius 2 is 1.71 bits per heavy atom. The molecule has 28 heavy (non-hydrogen) atoms. The number of hydrogen-bond acceptors (Lipinski definition) is 4. The van der Waals surface area contributed by atoms with Crippen LogP contribution < -0.4 is 5.32 Å². The van der Waals surface area contributed by atoms with Crippen molar-refractivity contribution >= 4 is 11.9 Å². The van der Waals surface area contributed by atoms with Crippen LogP contribution in [0.4, 0.5) is 0 Å². The number of rotatable bonds is 9. The maximum absolute atomic E-state index is 12.4. The minimum absolute atomic E-state index is 0.269. The van der Waals surface area contributed by atoms with Gasteiger partial charge >= 0.3 is 0 Å². The maximum Gasteiger partial charge on any atom is 0.236 e. The van der Waals surface area contributed by atoms with Crippen molar-refractivity contribution in [1.29, 1.82) is 0 Å². The predicted molar refractivity (Wildman–Crippen MR) is 115 cm³/mol. The Balaban J connectivity index is 1.79. The number of nitrogens with zero attached hydrogens (tertiary/aromatic N) is 4. The second-order valence-corrected chi connectivity index (χ2v) is 8.11. The summed E-state index contributed by atoms with van der Waals surface area (Å²) in [5, 5.41) is 3.43. The second kappa shape index (κ2) is 12.3. The lowest BCUT2D eigenvalue weighted by atomic mass is 10.0. The molecule has 0 aliphatic carbocycles. The van der Waals surface area contributed by atoms with Crippen molar-refractivity contribution in [2.45, 2.75) is 53.1 Å². The number of ether oxygens (including phenoxy) is 1. The molecule has 162 valence electrons. The van der Waals surface area contributed by atoms with Crippen LogP contribution >= 0.6 is 0 Å². The molecule has 0 aromatic rings. The van der Waals surface area contributed by atoms with Crippen LogP contribution in [0.5, 0.6) is 0 Å². The Hall–Kier alpha value is -1.34. The van der Waals surface area contributed by atoms with E-state index in [0.29, 0.717) is 18.4 Å². The Kier molecular flexibility index (Phi) is 10.1. The first-order chi connectivity index (χ1) is 13.5. The molecule has 7 heteroatoms. The molecule has 0 aromatic carbocycles. The van der Waals surface area contributed by atoms with Crippen LogP contribution in [0, 0.1) is 5.92 Å². The van der Waals surface area contributed by atoms with Crippen LogP contribution in [0.2, 0.25) is 0 Å². The van der Waals surface area contributed by atoms with Gasteiger partial charge in [-0.05, 0) is 39.0 Å². The minimum Gasteiger partial charge on any atom is -0.378 e. The lowest BCUT2D eigenvalue weighted by Gasteiger charge is -2.36. The number of carbonyl (C=O) groups is 1. The topological polar surface area (TPSA) is 60.4 Å². The highest BCUT2D eigenvalue weighted by atomic mass is 16.5. The fraction of sp³-hybridized carbons (Fsp3) is 0.905. The largest absolute Gasteiger partial charge is 0.378 e. The highest BCUT2D eigenvalue weighted by molar-refractivity contribution is 5.80. The number of guanidine groups is 1. The number of nitrogens with one attached hydrogen (secondary N) is 1. The number of carbonyl (C=O) groups excluding carboxylic acids is 1. The first-order valence-corrected chi connectivity index (χ1v) is 11.2. The summed E-state index contributed by atoms with van der Waals surface area (Å²) >= 11 is 0. The van der Waals surface area contributed by atoms with Crippen molar-refractivity contribution in [2.24, 2.45) is 10.9 Å². The van der Waals surface area contributed by atoms with Crippen LogP contribution in [0.25, 0.3) is 0 Å². The van der Waals surface area contributed by atoms with Crippen LogP contribution in [0.1, 0.15) is 47.0 Å². The van der Waals surface area contributed by atoms with E-state index in [1.54, 1.807) is 0 Å². The number of hydrogen-bond donors (Lipinski definition) is 1. The van der Waals surface area contributed by atoms with Gasteiger partial charge in [-0.1, -0.05) is 13.8 Å². The van der Waals surface area contributed by atoms with E-state index in [-0.39, 0.29) is 6.10 Å². The molecule has 7 nitrogen and oxygen atoms in total. The molecule has 0 bridgehead atoms. The van der Waals surface area contributed by atoms with E-state index in [9.17, 15) is 4.79 Å². The van der Waals surface area contributed by atoms with E-state index >= 15 is 0 Å². The van der Waals surface area contributed by atoms with Gasteiger partial charge in [-0.2, -0.15) is 0 Å². The average Bonchev–Trinajstić information content (AvgIpc) is 3.22. The SMILES string of the molecule is CCNC(=NCCC(OCC)C(C)C)N1CCN(CC(=O)N2CCCC2)CC1. The zero-order valence-electron chi connectivity index (χ0n) is 18.5. The molecule has 1 atom stereocenters. The van der Waals surface area contributed by atoms with Gasteiger partial charge in [-0.15, -0.1) is 0 Å². The van der Waals surface area contributed by atoms with Gasteiger partial charge in [0.2, 0.25) is 5.91 Å². The zero-order chi connectivity index (χ0) is 20.4. The molecular formula is C21H41N5O2. The summed E-state index contributed by atoms with van der Waals surface area (Å²) in [7, 11) is 0. The fourth-order valence-corrected chi connectivity index (χ4v) is 3.92. The standard InChI is InChI=1S/C21H41N5O2/c1-5-22-21(23-10-9-19(18(3)4)28-6-2)26-15-13-24(14-16-26)17-20(27)25-11-7-8-12-25/h18-19H,5-17H2,1-4H3,(H,22,23).